The summed E-state index contributed by atoms with van der Waals surface area (Å²) in [4.78, 5) is 35.5. The van der Waals surface area contributed by atoms with Gasteiger partial charge >= 0.3 is 0 Å². The van der Waals surface area contributed by atoms with Crippen LogP contribution < -0.4 is 5.32 Å². The van der Waals surface area contributed by atoms with Gasteiger partial charge in [0.1, 0.15) is 6.54 Å². The Kier molecular flexibility index (Phi) is 5.41. The quantitative estimate of drug-likeness (QED) is 0.518. The second-order valence-electron chi connectivity index (χ2n) is 7.42. The first-order chi connectivity index (χ1) is 14.9. The van der Waals surface area contributed by atoms with E-state index in [2.05, 4.69) is 20.4 Å². The normalized spacial score (nSPS) is 11.2. The van der Waals surface area contributed by atoms with Crippen molar-refractivity contribution in [3.63, 3.8) is 0 Å². The SMILES string of the molecule is CCN(CC)C(=O)Cn1ccc2cc(NC(=O)c3nc4nc(C)cc(C)n4n3)ccc21. The van der Waals surface area contributed by atoms with Crippen molar-refractivity contribution in [1.82, 2.24) is 29.0 Å². The molecule has 4 aromatic rings. The molecule has 0 spiro atoms. The van der Waals surface area contributed by atoms with E-state index in [1.54, 1.807) is 9.42 Å². The van der Waals surface area contributed by atoms with Crippen LogP contribution in [0.25, 0.3) is 16.7 Å². The molecular weight excluding hydrogens is 394 g/mol. The number of likely N-dealkylation sites (N-methyl/N-ethyl adjacent to an activating group) is 1. The van der Waals surface area contributed by atoms with E-state index in [1.807, 2.05) is 68.8 Å². The maximum absolute atomic E-state index is 12.7. The van der Waals surface area contributed by atoms with Gasteiger partial charge in [0.15, 0.2) is 0 Å². The van der Waals surface area contributed by atoms with Crippen LogP contribution >= 0.6 is 0 Å². The van der Waals surface area contributed by atoms with Crippen molar-refractivity contribution in [2.24, 2.45) is 0 Å². The molecular formula is C22H25N7O2. The summed E-state index contributed by atoms with van der Waals surface area (Å²) >= 11 is 0. The first-order valence-electron chi connectivity index (χ1n) is 10.3. The lowest BCUT2D eigenvalue weighted by molar-refractivity contribution is -0.131. The number of nitrogens with one attached hydrogen (secondary N) is 1. The fraction of sp³-hybridized carbons (Fsp3) is 0.318. The Balaban J connectivity index is 1.54. The number of carbonyl (C=O) groups excluding carboxylic acids is 2. The minimum Gasteiger partial charge on any atom is -0.342 e. The number of nitrogens with zero attached hydrogens (tertiary/aromatic N) is 6. The van der Waals surface area contributed by atoms with E-state index in [1.165, 1.54) is 0 Å². The number of amides is 2. The van der Waals surface area contributed by atoms with Crippen molar-refractivity contribution in [3.8, 4) is 0 Å². The first kappa shape index (κ1) is 20.5. The Morgan fingerprint density at radius 2 is 1.84 bits per heavy atom. The molecule has 1 N–H and O–H groups in total. The summed E-state index contributed by atoms with van der Waals surface area (Å²) in [5.41, 5.74) is 3.24. The van der Waals surface area contributed by atoms with Crippen LogP contribution in [-0.4, -0.2) is 54.0 Å². The van der Waals surface area contributed by atoms with Gasteiger partial charge in [-0.1, -0.05) is 0 Å². The molecule has 9 heteroatoms. The fourth-order valence-electron chi connectivity index (χ4n) is 3.69. The van der Waals surface area contributed by atoms with Crippen molar-refractivity contribution in [2.45, 2.75) is 34.2 Å². The molecule has 0 saturated carbocycles. The van der Waals surface area contributed by atoms with Crippen molar-refractivity contribution in [1.29, 1.82) is 0 Å². The Morgan fingerprint density at radius 1 is 1.06 bits per heavy atom. The van der Waals surface area contributed by atoms with E-state index in [-0.39, 0.29) is 18.3 Å². The summed E-state index contributed by atoms with van der Waals surface area (Å²) in [5.74, 6) is 0.131. The van der Waals surface area contributed by atoms with Crippen LogP contribution in [0, 0.1) is 13.8 Å². The molecule has 9 nitrogen and oxygen atoms in total. The molecule has 31 heavy (non-hydrogen) atoms. The maximum atomic E-state index is 12.7. The van der Waals surface area contributed by atoms with Crippen LogP contribution in [-0.2, 0) is 11.3 Å². The molecule has 4 rings (SSSR count). The predicted octanol–water partition coefficient (Wildman–Crippen LogP) is 2.82. The number of fused-ring (bicyclic) bond motifs is 2. The average Bonchev–Trinajstić information content (AvgIpc) is 3.33. The zero-order chi connectivity index (χ0) is 22.1. The number of aryl methyl sites for hydroxylation is 2. The highest BCUT2D eigenvalue weighted by atomic mass is 16.2. The summed E-state index contributed by atoms with van der Waals surface area (Å²) in [7, 11) is 0. The van der Waals surface area contributed by atoms with E-state index in [4.69, 9.17) is 0 Å². The van der Waals surface area contributed by atoms with Crippen LogP contribution in [0.3, 0.4) is 0 Å². The van der Waals surface area contributed by atoms with Gasteiger partial charge in [-0.15, -0.1) is 5.10 Å². The van der Waals surface area contributed by atoms with E-state index in [0.29, 0.717) is 24.6 Å². The molecule has 3 aromatic heterocycles. The van der Waals surface area contributed by atoms with Crippen LogP contribution in [0.2, 0.25) is 0 Å². The monoisotopic (exact) mass is 419 g/mol. The van der Waals surface area contributed by atoms with Gasteiger partial charge in [-0.2, -0.15) is 4.98 Å². The molecule has 0 aliphatic carbocycles. The van der Waals surface area contributed by atoms with Crippen LogP contribution in [0.5, 0.6) is 0 Å². The number of benzene rings is 1. The van der Waals surface area contributed by atoms with Crippen LogP contribution in [0.1, 0.15) is 35.9 Å². The summed E-state index contributed by atoms with van der Waals surface area (Å²) in [6, 6.07) is 9.39. The number of hydrogen-bond acceptors (Lipinski definition) is 5. The lowest BCUT2D eigenvalue weighted by Gasteiger charge is -2.19. The lowest BCUT2D eigenvalue weighted by atomic mass is 10.2. The number of rotatable bonds is 6. The molecule has 0 radical (unpaired) electrons. The molecule has 0 aliphatic heterocycles. The molecule has 0 fully saturated rings. The number of carbonyl (C=O) groups is 2. The third-order valence-corrected chi connectivity index (χ3v) is 5.27. The van der Waals surface area contributed by atoms with Crippen LogP contribution in [0.15, 0.2) is 36.5 Å². The van der Waals surface area contributed by atoms with Gasteiger partial charge in [0, 0.05) is 47.3 Å². The number of anilines is 1. The molecule has 3 heterocycles. The van der Waals surface area contributed by atoms with Crippen molar-refractivity contribution in [3.05, 3.63) is 53.7 Å². The summed E-state index contributed by atoms with van der Waals surface area (Å²) in [6.07, 6.45) is 1.89. The van der Waals surface area contributed by atoms with Gasteiger partial charge < -0.3 is 14.8 Å². The summed E-state index contributed by atoms with van der Waals surface area (Å²) in [5, 5.41) is 8.04. The standard InChI is InChI=1S/C22H25N7O2/c1-5-27(6-2)19(30)13-28-10-9-16-12-17(7-8-18(16)28)24-21(31)20-25-22-23-14(3)11-15(4)29(22)26-20/h7-12H,5-6,13H2,1-4H3,(H,24,31). The van der Waals surface area contributed by atoms with E-state index in [0.717, 1.165) is 22.3 Å². The van der Waals surface area contributed by atoms with Gasteiger partial charge in [0.25, 0.3) is 11.7 Å². The Morgan fingerprint density at radius 3 is 2.58 bits per heavy atom. The lowest BCUT2D eigenvalue weighted by Crippen LogP contribution is -2.33. The average molecular weight is 419 g/mol. The molecule has 0 atom stereocenters. The van der Waals surface area contributed by atoms with Crippen LogP contribution in [0.4, 0.5) is 5.69 Å². The highest BCUT2D eigenvalue weighted by Gasteiger charge is 2.16. The number of aromatic nitrogens is 5. The second-order valence-corrected chi connectivity index (χ2v) is 7.42. The van der Waals surface area contributed by atoms with Gasteiger partial charge in [-0.3, -0.25) is 9.59 Å². The van der Waals surface area contributed by atoms with Gasteiger partial charge in [-0.25, -0.2) is 9.50 Å². The second kappa shape index (κ2) is 8.17. The fourth-order valence-corrected chi connectivity index (χ4v) is 3.69. The summed E-state index contributed by atoms with van der Waals surface area (Å²) in [6.45, 7) is 9.38. The van der Waals surface area contributed by atoms with E-state index in [9.17, 15) is 9.59 Å². The molecule has 1 aromatic carbocycles. The molecule has 0 saturated heterocycles. The minimum atomic E-state index is -0.405. The van der Waals surface area contributed by atoms with Crippen molar-refractivity contribution in [2.75, 3.05) is 18.4 Å². The predicted molar refractivity (Wildman–Crippen MR) is 118 cm³/mol. The highest BCUT2D eigenvalue weighted by molar-refractivity contribution is 6.03. The van der Waals surface area contributed by atoms with Gasteiger partial charge in [0.05, 0.1) is 0 Å². The zero-order valence-corrected chi connectivity index (χ0v) is 18.1. The van der Waals surface area contributed by atoms with E-state index < -0.39 is 5.91 Å². The Labute approximate surface area is 179 Å². The maximum Gasteiger partial charge on any atom is 0.295 e. The van der Waals surface area contributed by atoms with Gasteiger partial charge in [0.2, 0.25) is 11.7 Å². The summed E-state index contributed by atoms with van der Waals surface area (Å²) < 4.78 is 3.47. The molecule has 0 aliphatic rings. The molecule has 0 bridgehead atoms. The third kappa shape index (κ3) is 3.98. The minimum absolute atomic E-state index is 0.0590. The highest BCUT2D eigenvalue weighted by Crippen LogP contribution is 2.21. The van der Waals surface area contributed by atoms with Crippen molar-refractivity contribution < 1.29 is 9.59 Å². The van der Waals surface area contributed by atoms with Crippen molar-refractivity contribution >= 4 is 34.2 Å². The largest absolute Gasteiger partial charge is 0.342 e. The van der Waals surface area contributed by atoms with E-state index >= 15 is 0 Å². The Bertz CT molecular complexity index is 1280. The van der Waals surface area contributed by atoms with Gasteiger partial charge in [-0.05, 0) is 58.0 Å². The Hall–Kier alpha value is -3.75. The topological polar surface area (TPSA) is 97.4 Å². The first-order valence-corrected chi connectivity index (χ1v) is 10.3. The molecule has 160 valence electrons. The third-order valence-electron chi connectivity index (χ3n) is 5.27. The number of hydrogen-bond donors (Lipinski definition) is 1. The molecule has 2 amide bonds. The smallest absolute Gasteiger partial charge is 0.295 e. The zero-order valence-electron chi connectivity index (χ0n) is 18.1. The molecule has 0 unspecified atom stereocenters.